The molecule has 5 nitrogen and oxygen atoms in total. The average Bonchev–Trinajstić information content (AvgIpc) is 2.36. The minimum atomic E-state index is -0.0228. The lowest BCUT2D eigenvalue weighted by Gasteiger charge is -2.14. The molecule has 5 heteroatoms. The average molecular weight is 237 g/mol. The smallest absolute Gasteiger partial charge is 0.234 e. The maximum atomic E-state index is 11.6. The Morgan fingerprint density at radius 3 is 2.82 bits per heavy atom. The van der Waals surface area contributed by atoms with E-state index >= 15 is 0 Å². The van der Waals surface area contributed by atoms with E-state index in [4.69, 9.17) is 4.74 Å². The van der Waals surface area contributed by atoms with Crippen LogP contribution in [0.2, 0.25) is 0 Å². The molecule has 0 aliphatic heterocycles. The Labute approximate surface area is 102 Å². The predicted octanol–water partition coefficient (Wildman–Crippen LogP) is 0.495. The van der Waals surface area contributed by atoms with Crippen LogP contribution in [-0.2, 0) is 9.53 Å². The van der Waals surface area contributed by atoms with Crippen LogP contribution in [0.4, 0.5) is 0 Å². The van der Waals surface area contributed by atoms with E-state index in [1.54, 1.807) is 19.5 Å². The van der Waals surface area contributed by atoms with Crippen LogP contribution in [-0.4, -0.2) is 37.7 Å². The van der Waals surface area contributed by atoms with Crippen LogP contribution in [0.25, 0.3) is 0 Å². The van der Waals surface area contributed by atoms with Crippen LogP contribution in [0.5, 0.6) is 0 Å². The van der Waals surface area contributed by atoms with Gasteiger partial charge >= 0.3 is 0 Å². The number of hydrogen-bond acceptors (Lipinski definition) is 4. The molecule has 1 aromatic rings. The molecule has 0 radical (unpaired) electrons. The molecule has 2 N–H and O–H groups in total. The summed E-state index contributed by atoms with van der Waals surface area (Å²) in [5.74, 6) is -0.0228. The second-order valence-corrected chi connectivity index (χ2v) is 3.74. The summed E-state index contributed by atoms with van der Waals surface area (Å²) in [7, 11) is 1.63. The molecule has 0 saturated heterocycles. The number of amides is 1. The maximum Gasteiger partial charge on any atom is 0.234 e. The third-order valence-corrected chi connectivity index (χ3v) is 2.35. The highest BCUT2D eigenvalue weighted by molar-refractivity contribution is 5.78. The number of carbonyl (C=O) groups is 1. The highest BCUT2D eigenvalue weighted by Crippen LogP contribution is 2.09. The Kier molecular flexibility index (Phi) is 6.21. The van der Waals surface area contributed by atoms with Gasteiger partial charge in [0.25, 0.3) is 0 Å². The quantitative estimate of drug-likeness (QED) is 0.678. The van der Waals surface area contributed by atoms with E-state index in [1.807, 2.05) is 19.1 Å². The first kappa shape index (κ1) is 13.6. The third kappa shape index (κ3) is 5.42. The molecule has 0 aliphatic carbocycles. The molecule has 1 amide bonds. The van der Waals surface area contributed by atoms with Gasteiger partial charge in [-0.05, 0) is 24.6 Å². The molecule has 1 aromatic heterocycles. The summed E-state index contributed by atoms with van der Waals surface area (Å²) in [6.07, 6.45) is 3.43. The van der Waals surface area contributed by atoms with Crippen LogP contribution < -0.4 is 10.6 Å². The van der Waals surface area contributed by atoms with Crippen molar-refractivity contribution in [3.63, 3.8) is 0 Å². The van der Waals surface area contributed by atoms with Crippen molar-refractivity contribution < 1.29 is 9.53 Å². The van der Waals surface area contributed by atoms with Crippen molar-refractivity contribution in [1.82, 2.24) is 15.6 Å². The molecule has 1 atom stereocenters. The predicted molar refractivity (Wildman–Crippen MR) is 65.5 cm³/mol. The molecule has 0 aliphatic rings. The van der Waals surface area contributed by atoms with Gasteiger partial charge in [-0.25, -0.2) is 0 Å². The number of nitrogens with zero attached hydrogens (tertiary/aromatic N) is 1. The van der Waals surface area contributed by atoms with E-state index in [0.29, 0.717) is 19.7 Å². The second-order valence-electron chi connectivity index (χ2n) is 3.74. The number of rotatable bonds is 7. The molecule has 1 rings (SSSR count). The summed E-state index contributed by atoms with van der Waals surface area (Å²) in [4.78, 5) is 15.5. The summed E-state index contributed by atoms with van der Waals surface area (Å²) in [5.41, 5.74) is 1.05. The molecule has 0 unspecified atom stereocenters. The number of carbonyl (C=O) groups excluding carboxylic acids is 1. The van der Waals surface area contributed by atoms with Crippen molar-refractivity contribution in [3.05, 3.63) is 30.1 Å². The maximum absolute atomic E-state index is 11.6. The first-order chi connectivity index (χ1) is 8.24. The monoisotopic (exact) mass is 237 g/mol. The number of nitrogens with one attached hydrogen (secondary N) is 2. The largest absolute Gasteiger partial charge is 0.383 e. The van der Waals surface area contributed by atoms with Gasteiger partial charge in [0.2, 0.25) is 5.91 Å². The molecule has 0 saturated carbocycles. The minimum Gasteiger partial charge on any atom is -0.383 e. The number of pyridine rings is 1. The summed E-state index contributed by atoms with van der Waals surface area (Å²) in [5, 5.41) is 5.90. The van der Waals surface area contributed by atoms with Crippen molar-refractivity contribution in [1.29, 1.82) is 0 Å². The lowest BCUT2D eigenvalue weighted by atomic mass is 10.1. The zero-order valence-electron chi connectivity index (χ0n) is 10.3. The summed E-state index contributed by atoms with van der Waals surface area (Å²) in [6, 6.07) is 3.78. The first-order valence-corrected chi connectivity index (χ1v) is 5.63. The normalized spacial score (nSPS) is 12.1. The highest BCUT2D eigenvalue weighted by Gasteiger charge is 2.08. The van der Waals surface area contributed by atoms with Crippen molar-refractivity contribution >= 4 is 5.91 Å². The van der Waals surface area contributed by atoms with Crippen molar-refractivity contribution in [2.45, 2.75) is 13.0 Å². The molecule has 1 heterocycles. The van der Waals surface area contributed by atoms with Crippen LogP contribution >= 0.6 is 0 Å². The Morgan fingerprint density at radius 2 is 2.18 bits per heavy atom. The summed E-state index contributed by atoms with van der Waals surface area (Å²) < 4.78 is 4.87. The van der Waals surface area contributed by atoms with Crippen LogP contribution in [0, 0.1) is 0 Å². The zero-order valence-corrected chi connectivity index (χ0v) is 10.3. The SMILES string of the molecule is COCCNCC(=O)N[C@@H](C)c1ccncc1. The Morgan fingerprint density at radius 1 is 1.47 bits per heavy atom. The van der Waals surface area contributed by atoms with E-state index < -0.39 is 0 Å². The molecular weight excluding hydrogens is 218 g/mol. The molecule has 94 valence electrons. The summed E-state index contributed by atoms with van der Waals surface area (Å²) >= 11 is 0. The van der Waals surface area contributed by atoms with Gasteiger partial charge in [-0.15, -0.1) is 0 Å². The number of hydrogen-bond donors (Lipinski definition) is 2. The topological polar surface area (TPSA) is 63.2 Å². The van der Waals surface area contributed by atoms with Crippen LogP contribution in [0.15, 0.2) is 24.5 Å². The molecule has 0 bridgehead atoms. The summed E-state index contributed by atoms with van der Waals surface area (Å²) in [6.45, 7) is 3.53. The highest BCUT2D eigenvalue weighted by atomic mass is 16.5. The van der Waals surface area contributed by atoms with Crippen molar-refractivity contribution in [2.75, 3.05) is 26.8 Å². The number of aromatic nitrogens is 1. The fourth-order valence-electron chi connectivity index (χ4n) is 1.40. The Balaban J connectivity index is 2.26. The molecular formula is C12H19N3O2. The van der Waals surface area contributed by atoms with Gasteiger partial charge in [0.1, 0.15) is 0 Å². The van der Waals surface area contributed by atoms with E-state index in [2.05, 4.69) is 15.6 Å². The van der Waals surface area contributed by atoms with Gasteiger partial charge in [0, 0.05) is 26.0 Å². The van der Waals surface area contributed by atoms with Crippen LogP contribution in [0.1, 0.15) is 18.5 Å². The second kappa shape index (κ2) is 7.76. The van der Waals surface area contributed by atoms with Gasteiger partial charge in [0.15, 0.2) is 0 Å². The van der Waals surface area contributed by atoms with Crippen LogP contribution in [0.3, 0.4) is 0 Å². The molecule has 17 heavy (non-hydrogen) atoms. The Bertz CT molecular complexity index is 330. The van der Waals surface area contributed by atoms with Gasteiger partial charge in [0.05, 0.1) is 19.2 Å². The van der Waals surface area contributed by atoms with E-state index in [1.165, 1.54) is 0 Å². The standard InChI is InChI=1S/C12H19N3O2/c1-10(11-3-5-13-6-4-11)15-12(16)9-14-7-8-17-2/h3-6,10,14H,7-9H2,1-2H3,(H,15,16)/t10-/m0/s1. The molecule has 0 aromatic carbocycles. The Hall–Kier alpha value is -1.46. The van der Waals surface area contributed by atoms with Gasteiger partial charge in [-0.2, -0.15) is 0 Å². The van der Waals surface area contributed by atoms with Gasteiger partial charge in [-0.1, -0.05) is 0 Å². The number of ether oxygens (including phenoxy) is 1. The number of methoxy groups -OCH3 is 1. The third-order valence-electron chi connectivity index (χ3n) is 2.35. The molecule has 0 fully saturated rings. The van der Waals surface area contributed by atoms with Crippen molar-refractivity contribution in [3.8, 4) is 0 Å². The van der Waals surface area contributed by atoms with Crippen molar-refractivity contribution in [2.24, 2.45) is 0 Å². The first-order valence-electron chi connectivity index (χ1n) is 5.63. The zero-order chi connectivity index (χ0) is 12.5. The lowest BCUT2D eigenvalue weighted by Crippen LogP contribution is -2.36. The fourth-order valence-corrected chi connectivity index (χ4v) is 1.40. The van der Waals surface area contributed by atoms with E-state index in [0.717, 1.165) is 5.56 Å². The van der Waals surface area contributed by atoms with Gasteiger partial charge < -0.3 is 15.4 Å². The molecule has 0 spiro atoms. The van der Waals surface area contributed by atoms with Gasteiger partial charge in [-0.3, -0.25) is 9.78 Å². The lowest BCUT2D eigenvalue weighted by molar-refractivity contribution is -0.120. The van der Waals surface area contributed by atoms with E-state index in [9.17, 15) is 4.79 Å². The van der Waals surface area contributed by atoms with E-state index in [-0.39, 0.29) is 11.9 Å². The minimum absolute atomic E-state index is 0.00488. The fraction of sp³-hybridized carbons (Fsp3) is 0.500.